The van der Waals surface area contributed by atoms with Crippen LogP contribution >= 0.6 is 0 Å². The Morgan fingerprint density at radius 1 is 0.667 bits per heavy atom. The van der Waals surface area contributed by atoms with Gasteiger partial charge < -0.3 is 14.2 Å². The molecule has 0 atom stereocenters. The Balaban J connectivity index is 5.17. The predicted octanol–water partition coefficient (Wildman–Crippen LogP) is 4.85. The maximum absolute atomic E-state index is 11.8. The molecule has 0 rings (SSSR count). The van der Waals surface area contributed by atoms with Crippen molar-refractivity contribution in [2.45, 2.75) is 67.2 Å². The predicted molar refractivity (Wildman–Crippen MR) is 108 cm³/mol. The molecule has 0 aromatic carbocycles. The van der Waals surface area contributed by atoms with Crippen LogP contribution in [0.5, 0.6) is 0 Å². The lowest BCUT2D eigenvalue weighted by atomic mass is 9.80. The van der Waals surface area contributed by atoms with Gasteiger partial charge in [0.2, 0.25) is 0 Å². The highest BCUT2D eigenvalue weighted by Gasteiger charge is 2.34. The third-order valence-corrected chi connectivity index (χ3v) is 5.53. The summed E-state index contributed by atoms with van der Waals surface area (Å²) < 4.78 is 16.9. The molecule has 0 spiro atoms. The normalized spacial score (nSPS) is 11.8. The summed E-state index contributed by atoms with van der Waals surface area (Å²) in [6.45, 7) is 20.1. The van der Waals surface area contributed by atoms with Crippen LogP contribution in [0.25, 0.3) is 0 Å². The Kier molecular flexibility index (Phi) is 11.2. The summed E-state index contributed by atoms with van der Waals surface area (Å²) >= 11 is 0. The van der Waals surface area contributed by atoms with Crippen LogP contribution in [-0.2, 0) is 23.8 Å². The van der Waals surface area contributed by atoms with Crippen LogP contribution in [0.4, 0.5) is 0 Å². The summed E-state index contributed by atoms with van der Waals surface area (Å²) in [5.74, 6) is -0.909. The maximum Gasteiger partial charge on any atom is 0.333 e. The molecule has 156 valence electrons. The SMILES string of the molecule is C=C(C)C(=O)OCC(CC)(COCC(CC)(CC)CC)COC(=O)C(=C)C. The number of hydrogen-bond donors (Lipinski definition) is 0. The fraction of sp³-hybridized carbons (Fsp3) is 0.727. The molecule has 0 saturated carbocycles. The van der Waals surface area contributed by atoms with E-state index in [2.05, 4.69) is 33.9 Å². The number of carbonyl (C=O) groups excluding carboxylic acids is 2. The third kappa shape index (κ3) is 8.29. The molecule has 0 aliphatic rings. The van der Waals surface area contributed by atoms with Crippen molar-refractivity contribution >= 4 is 11.9 Å². The van der Waals surface area contributed by atoms with Crippen LogP contribution in [0.1, 0.15) is 67.2 Å². The van der Waals surface area contributed by atoms with Crippen molar-refractivity contribution < 1.29 is 23.8 Å². The van der Waals surface area contributed by atoms with E-state index in [-0.39, 0.29) is 18.6 Å². The number of rotatable bonds is 14. The summed E-state index contributed by atoms with van der Waals surface area (Å²) in [4.78, 5) is 23.7. The molecule has 0 aromatic heterocycles. The third-order valence-electron chi connectivity index (χ3n) is 5.53. The lowest BCUT2D eigenvalue weighted by Crippen LogP contribution is -2.40. The van der Waals surface area contributed by atoms with Crippen molar-refractivity contribution in [3.05, 3.63) is 24.3 Å². The highest BCUT2D eigenvalue weighted by Crippen LogP contribution is 2.32. The molecule has 0 aliphatic heterocycles. The molecule has 0 N–H and O–H groups in total. The largest absolute Gasteiger partial charge is 0.462 e. The van der Waals surface area contributed by atoms with Crippen LogP contribution in [0.15, 0.2) is 24.3 Å². The fourth-order valence-electron chi connectivity index (χ4n) is 2.66. The minimum absolute atomic E-state index is 0.107. The van der Waals surface area contributed by atoms with Crippen LogP contribution in [0.2, 0.25) is 0 Å². The lowest BCUT2D eigenvalue weighted by Gasteiger charge is -2.35. The van der Waals surface area contributed by atoms with E-state index < -0.39 is 17.4 Å². The second-order valence-corrected chi connectivity index (χ2v) is 7.62. The molecule has 0 heterocycles. The second kappa shape index (κ2) is 12.0. The van der Waals surface area contributed by atoms with Crippen molar-refractivity contribution in [3.63, 3.8) is 0 Å². The van der Waals surface area contributed by atoms with Crippen LogP contribution in [0, 0.1) is 10.8 Å². The Bertz CT molecular complexity index is 479. The zero-order valence-corrected chi connectivity index (χ0v) is 18.1. The summed E-state index contributed by atoms with van der Waals surface area (Å²) in [6.07, 6.45) is 3.74. The van der Waals surface area contributed by atoms with Gasteiger partial charge in [0.25, 0.3) is 0 Å². The highest BCUT2D eigenvalue weighted by atomic mass is 16.6. The first-order valence-corrected chi connectivity index (χ1v) is 9.84. The van der Waals surface area contributed by atoms with Crippen molar-refractivity contribution in [1.82, 2.24) is 0 Å². The maximum atomic E-state index is 11.8. The van der Waals surface area contributed by atoms with Gasteiger partial charge in [-0.15, -0.1) is 0 Å². The van der Waals surface area contributed by atoms with E-state index in [4.69, 9.17) is 14.2 Å². The van der Waals surface area contributed by atoms with E-state index in [1.165, 1.54) is 0 Å². The first-order valence-electron chi connectivity index (χ1n) is 9.84. The van der Waals surface area contributed by atoms with Gasteiger partial charge in [-0.25, -0.2) is 9.59 Å². The van der Waals surface area contributed by atoms with Gasteiger partial charge in [0.05, 0.1) is 18.6 Å². The van der Waals surface area contributed by atoms with Gasteiger partial charge in [0, 0.05) is 11.1 Å². The minimum atomic E-state index is -0.600. The zero-order valence-electron chi connectivity index (χ0n) is 18.1. The van der Waals surface area contributed by atoms with Gasteiger partial charge in [0.1, 0.15) is 13.2 Å². The van der Waals surface area contributed by atoms with Gasteiger partial charge in [-0.1, -0.05) is 40.9 Å². The molecular formula is C22H38O5. The molecule has 0 unspecified atom stereocenters. The summed E-state index contributed by atoms with van der Waals surface area (Å²) in [5, 5.41) is 0. The average molecular weight is 383 g/mol. The first kappa shape index (κ1) is 25.4. The van der Waals surface area contributed by atoms with E-state index in [1.54, 1.807) is 13.8 Å². The minimum Gasteiger partial charge on any atom is -0.462 e. The molecule has 0 aromatic rings. The van der Waals surface area contributed by atoms with Gasteiger partial charge in [-0.05, 0) is 44.9 Å². The molecule has 5 nitrogen and oxygen atoms in total. The second-order valence-electron chi connectivity index (χ2n) is 7.62. The Hall–Kier alpha value is -1.62. The molecule has 0 radical (unpaired) electrons. The smallest absolute Gasteiger partial charge is 0.333 e. The quantitative estimate of drug-likeness (QED) is 0.317. The molecular weight excluding hydrogens is 344 g/mol. The van der Waals surface area contributed by atoms with Gasteiger partial charge in [-0.3, -0.25) is 0 Å². The Labute approximate surface area is 165 Å². The molecule has 27 heavy (non-hydrogen) atoms. The molecule has 0 bridgehead atoms. The van der Waals surface area contributed by atoms with Gasteiger partial charge in [-0.2, -0.15) is 0 Å². The monoisotopic (exact) mass is 382 g/mol. The standard InChI is InChI=1S/C22H38O5/c1-9-21(10-2,11-3)13-25-14-22(12-4,15-26-19(23)17(5)6)16-27-20(24)18(7)8/h5,7,9-16H2,1-4,6,8H3. The molecule has 0 amide bonds. The Morgan fingerprint density at radius 2 is 1.00 bits per heavy atom. The van der Waals surface area contributed by atoms with Crippen molar-refractivity contribution in [3.8, 4) is 0 Å². The first-order chi connectivity index (χ1) is 12.6. The van der Waals surface area contributed by atoms with Gasteiger partial charge >= 0.3 is 11.9 Å². The van der Waals surface area contributed by atoms with Crippen molar-refractivity contribution in [1.29, 1.82) is 0 Å². The van der Waals surface area contributed by atoms with Crippen molar-refractivity contribution in [2.75, 3.05) is 26.4 Å². The number of ether oxygens (including phenoxy) is 3. The highest BCUT2D eigenvalue weighted by molar-refractivity contribution is 5.87. The molecule has 0 aliphatic carbocycles. The van der Waals surface area contributed by atoms with Crippen molar-refractivity contribution in [2.24, 2.45) is 10.8 Å². The summed E-state index contributed by atoms with van der Waals surface area (Å²) in [6, 6.07) is 0. The van der Waals surface area contributed by atoms with E-state index in [0.717, 1.165) is 19.3 Å². The average Bonchev–Trinajstić information content (AvgIpc) is 2.66. The van der Waals surface area contributed by atoms with Crippen LogP contribution in [0.3, 0.4) is 0 Å². The zero-order chi connectivity index (χ0) is 21.1. The number of hydrogen-bond acceptors (Lipinski definition) is 5. The Morgan fingerprint density at radius 3 is 1.30 bits per heavy atom. The van der Waals surface area contributed by atoms with E-state index in [9.17, 15) is 9.59 Å². The van der Waals surface area contributed by atoms with Crippen LogP contribution < -0.4 is 0 Å². The topological polar surface area (TPSA) is 61.8 Å². The van der Waals surface area contributed by atoms with E-state index in [0.29, 0.717) is 30.8 Å². The molecule has 0 saturated heterocycles. The number of carbonyl (C=O) groups is 2. The fourth-order valence-corrected chi connectivity index (χ4v) is 2.66. The molecule has 5 heteroatoms. The lowest BCUT2D eigenvalue weighted by molar-refractivity contribution is -0.154. The van der Waals surface area contributed by atoms with E-state index >= 15 is 0 Å². The summed E-state index contributed by atoms with van der Waals surface area (Å²) in [5.41, 5.74) is 0.211. The summed E-state index contributed by atoms with van der Waals surface area (Å²) in [7, 11) is 0. The van der Waals surface area contributed by atoms with Gasteiger partial charge in [0.15, 0.2) is 0 Å². The van der Waals surface area contributed by atoms with Crippen LogP contribution in [-0.4, -0.2) is 38.4 Å². The number of esters is 2. The molecule has 0 fully saturated rings. The van der Waals surface area contributed by atoms with E-state index in [1.807, 2.05) is 6.92 Å².